The predicted octanol–water partition coefficient (Wildman–Crippen LogP) is 5.36. The first kappa shape index (κ1) is 14.6. The molecule has 0 amide bonds. The number of halogens is 3. The van der Waals surface area contributed by atoms with Crippen molar-refractivity contribution in [1.29, 1.82) is 0 Å². The highest BCUT2D eigenvalue weighted by molar-refractivity contribution is 6.35. The van der Waals surface area contributed by atoms with E-state index in [1.54, 1.807) is 6.07 Å². The number of nitrogens with zero attached hydrogens (tertiary/aromatic N) is 2. The quantitative estimate of drug-likeness (QED) is 0.712. The molecule has 5 heteroatoms. The highest BCUT2D eigenvalue weighted by atomic mass is 35.5. The number of aromatic nitrogens is 2. The van der Waals surface area contributed by atoms with Crippen LogP contribution >= 0.6 is 34.8 Å². The Morgan fingerprint density at radius 1 is 1.00 bits per heavy atom. The normalized spacial score (nSPS) is 10.8. The highest BCUT2D eigenvalue weighted by Crippen LogP contribution is 2.30. The van der Waals surface area contributed by atoms with E-state index in [4.69, 9.17) is 34.8 Å². The first-order chi connectivity index (χ1) is 9.01. The number of rotatable bonds is 3. The SMILES string of the molecule is CCCc1nc(Cl)c(C)c(-c2cc(Cl)cc(Cl)c2)n1. The van der Waals surface area contributed by atoms with Crippen molar-refractivity contribution in [2.75, 3.05) is 0 Å². The van der Waals surface area contributed by atoms with Gasteiger partial charge in [-0.3, -0.25) is 0 Å². The van der Waals surface area contributed by atoms with E-state index in [-0.39, 0.29) is 0 Å². The number of hydrogen-bond donors (Lipinski definition) is 0. The molecule has 0 aliphatic carbocycles. The minimum atomic E-state index is 0.476. The molecule has 19 heavy (non-hydrogen) atoms. The number of aryl methyl sites for hydroxylation is 1. The molecular weight excluding hydrogens is 303 g/mol. The maximum Gasteiger partial charge on any atom is 0.136 e. The summed E-state index contributed by atoms with van der Waals surface area (Å²) < 4.78 is 0. The van der Waals surface area contributed by atoms with Crippen LogP contribution < -0.4 is 0 Å². The lowest BCUT2D eigenvalue weighted by atomic mass is 10.1. The fraction of sp³-hybridized carbons (Fsp3) is 0.286. The van der Waals surface area contributed by atoms with Gasteiger partial charge in [-0.25, -0.2) is 9.97 Å². The molecule has 0 saturated heterocycles. The first-order valence-corrected chi connectivity index (χ1v) is 7.14. The third-order valence-electron chi connectivity index (χ3n) is 2.74. The van der Waals surface area contributed by atoms with Crippen molar-refractivity contribution < 1.29 is 0 Å². The smallest absolute Gasteiger partial charge is 0.136 e. The zero-order valence-corrected chi connectivity index (χ0v) is 12.9. The monoisotopic (exact) mass is 314 g/mol. The van der Waals surface area contributed by atoms with Gasteiger partial charge in [0.15, 0.2) is 0 Å². The Morgan fingerprint density at radius 2 is 1.63 bits per heavy atom. The van der Waals surface area contributed by atoms with Crippen LogP contribution in [0.4, 0.5) is 0 Å². The van der Waals surface area contributed by atoms with Crippen LogP contribution in [-0.2, 0) is 6.42 Å². The molecular formula is C14H13Cl3N2. The molecule has 0 aliphatic rings. The highest BCUT2D eigenvalue weighted by Gasteiger charge is 2.12. The third-order valence-corrected chi connectivity index (χ3v) is 3.55. The van der Waals surface area contributed by atoms with Gasteiger partial charge in [-0.2, -0.15) is 0 Å². The standard InChI is InChI=1S/C14H13Cl3N2/c1-3-4-12-18-13(8(2)14(17)19-12)9-5-10(15)7-11(16)6-9/h5-7H,3-4H2,1-2H3. The van der Waals surface area contributed by atoms with Gasteiger partial charge >= 0.3 is 0 Å². The van der Waals surface area contributed by atoms with Gasteiger partial charge < -0.3 is 0 Å². The molecule has 0 aliphatic heterocycles. The van der Waals surface area contributed by atoms with Gasteiger partial charge in [0.05, 0.1) is 5.69 Å². The van der Waals surface area contributed by atoms with Crippen LogP contribution in [0, 0.1) is 6.92 Å². The molecule has 0 saturated carbocycles. The Hall–Kier alpha value is -0.830. The average molecular weight is 316 g/mol. The largest absolute Gasteiger partial charge is 0.233 e. The van der Waals surface area contributed by atoms with Crippen molar-refractivity contribution in [2.24, 2.45) is 0 Å². The van der Waals surface area contributed by atoms with Crippen molar-refractivity contribution in [3.63, 3.8) is 0 Å². The lowest BCUT2D eigenvalue weighted by Gasteiger charge is -2.10. The van der Waals surface area contributed by atoms with E-state index in [2.05, 4.69) is 16.9 Å². The first-order valence-electron chi connectivity index (χ1n) is 6.00. The molecule has 2 rings (SSSR count). The maximum absolute atomic E-state index is 6.17. The molecule has 0 bridgehead atoms. The van der Waals surface area contributed by atoms with Crippen LogP contribution in [0.15, 0.2) is 18.2 Å². The second kappa shape index (κ2) is 6.08. The maximum atomic E-state index is 6.17. The van der Waals surface area contributed by atoms with E-state index >= 15 is 0 Å². The lowest BCUT2D eigenvalue weighted by Crippen LogP contribution is -2.00. The Labute approximate surface area is 127 Å². The van der Waals surface area contributed by atoms with Crippen LogP contribution in [0.5, 0.6) is 0 Å². The molecule has 2 aromatic rings. The van der Waals surface area contributed by atoms with Gasteiger partial charge in [0.25, 0.3) is 0 Å². The van der Waals surface area contributed by atoms with Crippen molar-refractivity contribution in [3.05, 3.63) is 44.8 Å². The minimum Gasteiger partial charge on any atom is -0.233 e. The van der Waals surface area contributed by atoms with Gasteiger partial charge in [-0.1, -0.05) is 41.7 Å². The second-order valence-electron chi connectivity index (χ2n) is 4.31. The van der Waals surface area contributed by atoms with Crippen molar-refractivity contribution >= 4 is 34.8 Å². The zero-order chi connectivity index (χ0) is 14.0. The fourth-order valence-electron chi connectivity index (χ4n) is 1.84. The van der Waals surface area contributed by atoms with Gasteiger partial charge in [0.2, 0.25) is 0 Å². The van der Waals surface area contributed by atoms with Crippen LogP contribution in [0.1, 0.15) is 24.7 Å². The third kappa shape index (κ3) is 3.38. The van der Waals surface area contributed by atoms with E-state index in [1.165, 1.54) is 0 Å². The van der Waals surface area contributed by atoms with Crippen LogP contribution in [0.2, 0.25) is 15.2 Å². The average Bonchev–Trinajstić information content (AvgIpc) is 2.32. The van der Waals surface area contributed by atoms with E-state index in [1.807, 2.05) is 19.1 Å². The molecule has 2 nitrogen and oxygen atoms in total. The number of hydrogen-bond acceptors (Lipinski definition) is 2. The summed E-state index contributed by atoms with van der Waals surface area (Å²) in [5.74, 6) is 0.740. The van der Waals surface area contributed by atoms with Crippen molar-refractivity contribution in [3.8, 4) is 11.3 Å². The molecule has 0 radical (unpaired) electrons. The fourth-order valence-corrected chi connectivity index (χ4v) is 2.55. The predicted molar refractivity (Wildman–Crippen MR) is 81.2 cm³/mol. The summed E-state index contributed by atoms with van der Waals surface area (Å²) in [6, 6.07) is 5.35. The molecule has 0 unspecified atom stereocenters. The van der Waals surface area contributed by atoms with Gasteiger partial charge in [0, 0.05) is 27.6 Å². The van der Waals surface area contributed by atoms with Gasteiger partial charge in [0.1, 0.15) is 11.0 Å². The Balaban J connectivity index is 2.59. The zero-order valence-electron chi connectivity index (χ0n) is 10.7. The Bertz CT molecular complexity index is 592. The Kier molecular flexibility index (Phi) is 4.67. The summed E-state index contributed by atoms with van der Waals surface area (Å²) in [5.41, 5.74) is 2.48. The van der Waals surface area contributed by atoms with Crippen LogP contribution in [-0.4, -0.2) is 9.97 Å². The van der Waals surface area contributed by atoms with Gasteiger partial charge in [-0.05, 0) is 31.5 Å². The van der Waals surface area contributed by atoms with Crippen LogP contribution in [0.3, 0.4) is 0 Å². The molecule has 0 atom stereocenters. The van der Waals surface area contributed by atoms with E-state index in [0.717, 1.165) is 35.5 Å². The summed E-state index contributed by atoms with van der Waals surface area (Å²) in [6.45, 7) is 3.97. The molecule has 1 heterocycles. The molecule has 100 valence electrons. The summed E-state index contributed by atoms with van der Waals surface area (Å²) in [6.07, 6.45) is 1.76. The molecule has 1 aromatic heterocycles. The number of benzene rings is 1. The van der Waals surface area contributed by atoms with Crippen LogP contribution in [0.25, 0.3) is 11.3 Å². The van der Waals surface area contributed by atoms with Crippen molar-refractivity contribution in [1.82, 2.24) is 9.97 Å². The second-order valence-corrected chi connectivity index (χ2v) is 5.54. The summed E-state index contributed by atoms with van der Waals surface area (Å²) in [7, 11) is 0. The molecule has 1 aromatic carbocycles. The van der Waals surface area contributed by atoms with E-state index in [9.17, 15) is 0 Å². The molecule has 0 fully saturated rings. The Morgan fingerprint density at radius 3 is 2.21 bits per heavy atom. The summed E-state index contributed by atoms with van der Waals surface area (Å²) >= 11 is 18.2. The molecule has 0 N–H and O–H groups in total. The van der Waals surface area contributed by atoms with Gasteiger partial charge in [-0.15, -0.1) is 0 Å². The summed E-state index contributed by atoms with van der Waals surface area (Å²) in [5, 5.41) is 1.63. The van der Waals surface area contributed by atoms with E-state index < -0.39 is 0 Å². The molecule has 0 spiro atoms. The topological polar surface area (TPSA) is 25.8 Å². The van der Waals surface area contributed by atoms with E-state index in [0.29, 0.717) is 15.2 Å². The minimum absolute atomic E-state index is 0.476. The lowest BCUT2D eigenvalue weighted by molar-refractivity contribution is 0.833. The summed E-state index contributed by atoms with van der Waals surface area (Å²) in [4.78, 5) is 8.84. The van der Waals surface area contributed by atoms with Crippen molar-refractivity contribution in [2.45, 2.75) is 26.7 Å².